The summed E-state index contributed by atoms with van der Waals surface area (Å²) in [4.78, 5) is 11.4. The summed E-state index contributed by atoms with van der Waals surface area (Å²) in [6.45, 7) is 4.25. The van der Waals surface area contributed by atoms with Gasteiger partial charge in [-0.05, 0) is 25.8 Å². The third-order valence-corrected chi connectivity index (χ3v) is 2.47. The molecule has 1 aromatic carbocycles. The minimum atomic E-state index is -0.307. The van der Waals surface area contributed by atoms with Crippen LogP contribution in [0.3, 0.4) is 0 Å². The molecule has 0 aliphatic carbocycles. The van der Waals surface area contributed by atoms with Crippen LogP contribution in [0.2, 0.25) is 0 Å². The van der Waals surface area contributed by atoms with Gasteiger partial charge < -0.3 is 10.5 Å². The van der Waals surface area contributed by atoms with E-state index in [-0.39, 0.29) is 11.5 Å². The van der Waals surface area contributed by atoms with Gasteiger partial charge in [-0.1, -0.05) is 30.3 Å². The summed E-state index contributed by atoms with van der Waals surface area (Å²) >= 11 is 0. The van der Waals surface area contributed by atoms with Crippen LogP contribution in [0.5, 0.6) is 0 Å². The second-order valence-corrected chi connectivity index (χ2v) is 4.94. The standard InChI is InChI=1S/C14H21NO2/c1-14(2,15)10-8-13(16)17-11-9-12-6-4-3-5-7-12/h3-7H,8-11,15H2,1-2H3. The van der Waals surface area contributed by atoms with Crippen molar-refractivity contribution in [3.05, 3.63) is 35.9 Å². The van der Waals surface area contributed by atoms with Crippen LogP contribution in [0.15, 0.2) is 30.3 Å². The number of nitrogens with two attached hydrogens (primary N) is 1. The first-order valence-electron chi connectivity index (χ1n) is 5.96. The SMILES string of the molecule is CC(C)(N)CCC(=O)OCCc1ccccc1. The first kappa shape index (κ1) is 13.7. The van der Waals surface area contributed by atoms with Crippen LogP contribution in [0.4, 0.5) is 0 Å². The molecular weight excluding hydrogens is 214 g/mol. The van der Waals surface area contributed by atoms with Gasteiger partial charge in [0.05, 0.1) is 6.61 Å². The molecule has 1 rings (SSSR count). The van der Waals surface area contributed by atoms with Crippen molar-refractivity contribution >= 4 is 5.97 Å². The Morgan fingerprint density at radius 3 is 2.53 bits per heavy atom. The number of esters is 1. The van der Waals surface area contributed by atoms with Gasteiger partial charge in [0.1, 0.15) is 0 Å². The van der Waals surface area contributed by atoms with Gasteiger partial charge in [-0.2, -0.15) is 0 Å². The molecule has 0 fully saturated rings. The molecule has 0 saturated heterocycles. The van der Waals surface area contributed by atoms with Crippen molar-refractivity contribution in [2.75, 3.05) is 6.61 Å². The van der Waals surface area contributed by atoms with Gasteiger partial charge in [-0.15, -0.1) is 0 Å². The summed E-state index contributed by atoms with van der Waals surface area (Å²) < 4.78 is 5.15. The van der Waals surface area contributed by atoms with Crippen LogP contribution in [0, 0.1) is 0 Å². The largest absolute Gasteiger partial charge is 0.465 e. The number of carbonyl (C=O) groups excluding carboxylic acids is 1. The average molecular weight is 235 g/mol. The van der Waals surface area contributed by atoms with E-state index in [9.17, 15) is 4.79 Å². The molecule has 0 unspecified atom stereocenters. The smallest absolute Gasteiger partial charge is 0.305 e. The predicted octanol–water partition coefficient (Wildman–Crippen LogP) is 2.29. The summed E-state index contributed by atoms with van der Waals surface area (Å²) in [5.41, 5.74) is 6.67. The highest BCUT2D eigenvalue weighted by molar-refractivity contribution is 5.69. The maximum atomic E-state index is 11.4. The van der Waals surface area contributed by atoms with E-state index in [1.165, 1.54) is 5.56 Å². The number of hydrogen-bond donors (Lipinski definition) is 1. The summed E-state index contributed by atoms with van der Waals surface area (Å²) in [7, 11) is 0. The van der Waals surface area contributed by atoms with Crippen molar-refractivity contribution in [2.45, 2.75) is 38.6 Å². The van der Waals surface area contributed by atoms with Gasteiger partial charge in [0.25, 0.3) is 0 Å². The normalized spacial score (nSPS) is 11.2. The van der Waals surface area contributed by atoms with Crippen molar-refractivity contribution in [2.24, 2.45) is 5.73 Å². The van der Waals surface area contributed by atoms with Gasteiger partial charge >= 0.3 is 5.97 Å². The minimum Gasteiger partial charge on any atom is -0.465 e. The van der Waals surface area contributed by atoms with E-state index < -0.39 is 0 Å². The van der Waals surface area contributed by atoms with E-state index in [1.807, 2.05) is 44.2 Å². The molecule has 0 radical (unpaired) electrons. The summed E-state index contributed by atoms with van der Waals surface area (Å²) in [5.74, 6) is -0.167. The zero-order valence-electron chi connectivity index (χ0n) is 10.6. The van der Waals surface area contributed by atoms with Gasteiger partial charge in [-0.3, -0.25) is 4.79 Å². The van der Waals surface area contributed by atoms with Crippen LogP contribution >= 0.6 is 0 Å². The van der Waals surface area contributed by atoms with Gasteiger partial charge in [0, 0.05) is 18.4 Å². The van der Waals surface area contributed by atoms with Crippen LogP contribution in [0.25, 0.3) is 0 Å². The molecule has 2 N–H and O–H groups in total. The molecule has 3 nitrogen and oxygen atoms in total. The van der Waals surface area contributed by atoms with Gasteiger partial charge in [0.15, 0.2) is 0 Å². The lowest BCUT2D eigenvalue weighted by atomic mass is 10.0. The number of hydrogen-bond acceptors (Lipinski definition) is 3. The zero-order valence-corrected chi connectivity index (χ0v) is 10.6. The molecule has 17 heavy (non-hydrogen) atoms. The van der Waals surface area contributed by atoms with Crippen molar-refractivity contribution in [1.82, 2.24) is 0 Å². The molecule has 0 amide bonds. The monoisotopic (exact) mass is 235 g/mol. The van der Waals surface area contributed by atoms with E-state index in [4.69, 9.17) is 10.5 Å². The molecule has 3 heteroatoms. The highest BCUT2D eigenvalue weighted by atomic mass is 16.5. The van der Waals surface area contributed by atoms with Gasteiger partial charge in [0.2, 0.25) is 0 Å². The Labute approximate surface area is 103 Å². The number of benzene rings is 1. The fourth-order valence-electron chi connectivity index (χ4n) is 1.42. The molecule has 0 saturated carbocycles. The van der Waals surface area contributed by atoms with Crippen LogP contribution < -0.4 is 5.73 Å². The molecule has 94 valence electrons. The van der Waals surface area contributed by atoms with Crippen LogP contribution in [-0.4, -0.2) is 18.1 Å². The molecule has 0 aliphatic heterocycles. The molecule has 0 atom stereocenters. The van der Waals surface area contributed by atoms with Crippen LogP contribution in [0.1, 0.15) is 32.3 Å². The van der Waals surface area contributed by atoms with E-state index in [0.29, 0.717) is 19.4 Å². The topological polar surface area (TPSA) is 52.3 Å². The van der Waals surface area contributed by atoms with E-state index in [1.54, 1.807) is 0 Å². The number of ether oxygens (including phenoxy) is 1. The Kier molecular flexibility index (Phi) is 5.16. The molecule has 0 heterocycles. The lowest BCUT2D eigenvalue weighted by molar-refractivity contribution is -0.143. The number of rotatable bonds is 6. The molecule has 1 aromatic rings. The molecular formula is C14H21NO2. The number of carbonyl (C=O) groups is 1. The lowest BCUT2D eigenvalue weighted by Crippen LogP contribution is -2.32. The Morgan fingerprint density at radius 1 is 1.29 bits per heavy atom. The van der Waals surface area contributed by atoms with Crippen molar-refractivity contribution in [3.63, 3.8) is 0 Å². The van der Waals surface area contributed by atoms with Gasteiger partial charge in [-0.25, -0.2) is 0 Å². The van der Waals surface area contributed by atoms with Crippen LogP contribution in [-0.2, 0) is 16.0 Å². The zero-order chi connectivity index (χ0) is 12.7. The maximum Gasteiger partial charge on any atom is 0.305 e. The first-order chi connectivity index (χ1) is 7.97. The summed E-state index contributed by atoms with van der Waals surface area (Å²) in [6, 6.07) is 9.98. The summed E-state index contributed by atoms with van der Waals surface area (Å²) in [6.07, 6.45) is 1.80. The fraction of sp³-hybridized carbons (Fsp3) is 0.500. The Morgan fingerprint density at radius 2 is 1.94 bits per heavy atom. The average Bonchev–Trinajstić information content (AvgIpc) is 2.27. The first-order valence-corrected chi connectivity index (χ1v) is 5.96. The highest BCUT2D eigenvalue weighted by Crippen LogP contribution is 2.08. The molecule has 0 aromatic heterocycles. The van der Waals surface area contributed by atoms with Crippen molar-refractivity contribution in [1.29, 1.82) is 0 Å². The molecule has 0 aliphatic rings. The fourth-order valence-corrected chi connectivity index (χ4v) is 1.42. The predicted molar refractivity (Wildman–Crippen MR) is 68.6 cm³/mol. The minimum absolute atomic E-state index is 0.167. The Hall–Kier alpha value is -1.35. The van der Waals surface area contributed by atoms with E-state index >= 15 is 0 Å². The molecule has 0 bridgehead atoms. The third-order valence-electron chi connectivity index (χ3n) is 2.47. The lowest BCUT2D eigenvalue weighted by Gasteiger charge is -2.17. The van der Waals surface area contributed by atoms with Crippen molar-refractivity contribution < 1.29 is 9.53 Å². The maximum absolute atomic E-state index is 11.4. The summed E-state index contributed by atoms with van der Waals surface area (Å²) in [5, 5.41) is 0. The van der Waals surface area contributed by atoms with E-state index in [0.717, 1.165) is 6.42 Å². The highest BCUT2D eigenvalue weighted by Gasteiger charge is 2.13. The third kappa shape index (κ3) is 6.74. The second-order valence-electron chi connectivity index (χ2n) is 4.94. The Balaban J connectivity index is 2.17. The van der Waals surface area contributed by atoms with Crippen molar-refractivity contribution in [3.8, 4) is 0 Å². The Bertz CT molecular complexity index is 341. The quantitative estimate of drug-likeness (QED) is 0.770. The second kappa shape index (κ2) is 6.40. The molecule has 0 spiro atoms. The van der Waals surface area contributed by atoms with E-state index in [2.05, 4.69) is 0 Å².